The third-order valence-corrected chi connectivity index (χ3v) is 5.78. The van der Waals surface area contributed by atoms with Gasteiger partial charge in [-0.25, -0.2) is 4.39 Å². The molecule has 0 saturated carbocycles. The second-order valence-corrected chi connectivity index (χ2v) is 7.34. The fourth-order valence-corrected chi connectivity index (χ4v) is 4.58. The highest BCUT2D eigenvalue weighted by atomic mass is 32.2. The fourth-order valence-electron chi connectivity index (χ4n) is 3.47. The van der Waals surface area contributed by atoms with Crippen molar-refractivity contribution in [3.05, 3.63) is 58.9 Å². The number of thioether (sulfide) groups is 1. The molecule has 2 aromatic carbocycles. The topological polar surface area (TPSA) is 41.1 Å². The van der Waals surface area contributed by atoms with Crippen LogP contribution in [0.2, 0.25) is 0 Å². The number of benzene rings is 2. The van der Waals surface area contributed by atoms with E-state index in [-0.39, 0.29) is 17.8 Å². The first-order valence-corrected chi connectivity index (χ1v) is 9.30. The molecule has 4 rings (SSSR count). The van der Waals surface area contributed by atoms with Crippen molar-refractivity contribution in [3.8, 4) is 0 Å². The third kappa shape index (κ3) is 2.88. The van der Waals surface area contributed by atoms with Gasteiger partial charge in [-0.05, 0) is 60.7 Å². The minimum atomic E-state index is -0.253. The lowest BCUT2D eigenvalue weighted by Crippen LogP contribution is -2.32. The van der Waals surface area contributed by atoms with Crippen molar-refractivity contribution < 1.29 is 9.18 Å². The van der Waals surface area contributed by atoms with Crippen LogP contribution in [0.25, 0.3) is 0 Å². The van der Waals surface area contributed by atoms with Crippen LogP contribution in [0.3, 0.4) is 0 Å². The summed E-state index contributed by atoms with van der Waals surface area (Å²) < 4.78 is 13.6. The van der Waals surface area contributed by atoms with E-state index in [0.717, 1.165) is 58.8 Å². The Morgan fingerprint density at radius 3 is 3.12 bits per heavy atom. The Kier molecular flexibility index (Phi) is 4.19. The van der Waals surface area contributed by atoms with Gasteiger partial charge in [0.1, 0.15) is 5.82 Å². The van der Waals surface area contributed by atoms with E-state index in [1.165, 1.54) is 6.07 Å². The van der Waals surface area contributed by atoms with Crippen LogP contribution in [0.15, 0.2) is 41.3 Å². The summed E-state index contributed by atoms with van der Waals surface area (Å²) in [6.45, 7) is 0.949. The smallest absolute Gasteiger partial charge is 0.252 e. The Labute approximate surface area is 145 Å². The molecule has 24 heavy (non-hydrogen) atoms. The molecule has 1 atom stereocenters. The van der Waals surface area contributed by atoms with Crippen molar-refractivity contribution in [1.29, 1.82) is 0 Å². The van der Waals surface area contributed by atoms with Gasteiger partial charge in [0.05, 0.1) is 6.04 Å². The highest BCUT2D eigenvalue weighted by Gasteiger charge is 2.25. The number of amides is 1. The standard InChI is InChI=1S/C19H19FN2OS/c20-12-6-7-18-15(11-12)17(8-10-24-18)22-19(23)14-3-1-5-16-13(14)4-2-9-21-16/h1,3,5-7,11,17,21H,2,4,8-10H2,(H,22,23). The maximum absolute atomic E-state index is 13.6. The van der Waals surface area contributed by atoms with Gasteiger partial charge in [-0.1, -0.05) is 6.07 Å². The summed E-state index contributed by atoms with van der Waals surface area (Å²) in [5, 5.41) is 6.47. The molecule has 1 amide bonds. The largest absolute Gasteiger partial charge is 0.385 e. The van der Waals surface area contributed by atoms with E-state index in [4.69, 9.17) is 0 Å². The Hall–Kier alpha value is -2.01. The second-order valence-electron chi connectivity index (χ2n) is 6.21. The van der Waals surface area contributed by atoms with E-state index >= 15 is 0 Å². The minimum absolute atomic E-state index is 0.0670. The molecule has 0 bridgehead atoms. The number of halogens is 1. The summed E-state index contributed by atoms with van der Waals surface area (Å²) in [7, 11) is 0. The third-order valence-electron chi connectivity index (χ3n) is 4.66. The van der Waals surface area contributed by atoms with Crippen molar-refractivity contribution in [2.24, 2.45) is 0 Å². The maximum Gasteiger partial charge on any atom is 0.252 e. The molecular weight excluding hydrogens is 323 g/mol. The molecule has 0 saturated heterocycles. The maximum atomic E-state index is 13.6. The molecule has 2 aliphatic rings. The van der Waals surface area contributed by atoms with E-state index in [9.17, 15) is 9.18 Å². The van der Waals surface area contributed by atoms with E-state index in [1.807, 2.05) is 24.3 Å². The first-order chi connectivity index (χ1) is 11.7. The number of hydrogen-bond donors (Lipinski definition) is 2. The molecule has 2 N–H and O–H groups in total. The van der Waals surface area contributed by atoms with Crippen LogP contribution in [-0.2, 0) is 6.42 Å². The number of rotatable bonds is 2. The lowest BCUT2D eigenvalue weighted by Gasteiger charge is -2.27. The second kappa shape index (κ2) is 6.48. The van der Waals surface area contributed by atoms with E-state index in [1.54, 1.807) is 17.8 Å². The monoisotopic (exact) mass is 342 g/mol. The van der Waals surface area contributed by atoms with Gasteiger partial charge >= 0.3 is 0 Å². The summed E-state index contributed by atoms with van der Waals surface area (Å²) in [5.41, 5.74) is 3.77. The Bertz CT molecular complexity index is 793. The number of carbonyl (C=O) groups excluding carboxylic acids is 1. The van der Waals surface area contributed by atoms with Gasteiger partial charge in [0, 0.05) is 28.4 Å². The van der Waals surface area contributed by atoms with Crippen LogP contribution in [0.5, 0.6) is 0 Å². The van der Waals surface area contributed by atoms with Crippen LogP contribution in [0.4, 0.5) is 10.1 Å². The van der Waals surface area contributed by atoms with Crippen molar-refractivity contribution in [2.75, 3.05) is 17.6 Å². The molecule has 0 radical (unpaired) electrons. The van der Waals surface area contributed by atoms with E-state index in [2.05, 4.69) is 10.6 Å². The molecule has 0 spiro atoms. The SMILES string of the molecule is O=C(NC1CCSc2ccc(F)cc21)c1cccc2c1CCCN2. The number of carbonyl (C=O) groups is 1. The highest BCUT2D eigenvalue weighted by molar-refractivity contribution is 7.99. The van der Waals surface area contributed by atoms with Crippen molar-refractivity contribution >= 4 is 23.4 Å². The van der Waals surface area contributed by atoms with Crippen LogP contribution in [0.1, 0.15) is 40.4 Å². The molecule has 1 unspecified atom stereocenters. The fraction of sp³-hybridized carbons (Fsp3) is 0.316. The molecule has 2 aromatic rings. The van der Waals surface area contributed by atoms with Gasteiger partial charge in [-0.3, -0.25) is 4.79 Å². The van der Waals surface area contributed by atoms with Crippen LogP contribution in [0, 0.1) is 5.82 Å². The van der Waals surface area contributed by atoms with Crippen molar-refractivity contribution in [2.45, 2.75) is 30.2 Å². The molecule has 0 aromatic heterocycles. The molecule has 0 fully saturated rings. The van der Waals surface area contributed by atoms with Gasteiger partial charge < -0.3 is 10.6 Å². The summed E-state index contributed by atoms with van der Waals surface area (Å²) in [4.78, 5) is 13.9. The average molecular weight is 342 g/mol. The first-order valence-electron chi connectivity index (χ1n) is 8.31. The molecule has 2 heterocycles. The van der Waals surface area contributed by atoms with Gasteiger partial charge in [0.25, 0.3) is 5.91 Å². The summed E-state index contributed by atoms with van der Waals surface area (Å²) in [6, 6.07) is 10.5. The zero-order valence-electron chi connectivity index (χ0n) is 13.3. The first kappa shape index (κ1) is 15.5. The quantitative estimate of drug-likeness (QED) is 0.861. The predicted molar refractivity (Wildman–Crippen MR) is 95.2 cm³/mol. The molecule has 5 heteroatoms. The Balaban J connectivity index is 1.61. The Morgan fingerprint density at radius 1 is 1.29 bits per heavy atom. The van der Waals surface area contributed by atoms with E-state index in [0.29, 0.717) is 0 Å². The van der Waals surface area contributed by atoms with E-state index < -0.39 is 0 Å². The number of anilines is 1. The van der Waals surface area contributed by atoms with Crippen LogP contribution < -0.4 is 10.6 Å². The summed E-state index contributed by atoms with van der Waals surface area (Å²) in [5.74, 6) is 0.609. The predicted octanol–water partition coefficient (Wildman–Crippen LogP) is 4.15. The molecule has 0 aliphatic carbocycles. The molecular formula is C19H19FN2OS. The normalized spacial score (nSPS) is 19.0. The zero-order valence-corrected chi connectivity index (χ0v) is 14.1. The van der Waals surface area contributed by atoms with Gasteiger partial charge in [0.15, 0.2) is 0 Å². The summed E-state index contributed by atoms with van der Waals surface area (Å²) >= 11 is 1.72. The number of hydrogen-bond acceptors (Lipinski definition) is 3. The van der Waals surface area contributed by atoms with Crippen LogP contribution in [-0.4, -0.2) is 18.2 Å². The van der Waals surface area contributed by atoms with Crippen molar-refractivity contribution in [3.63, 3.8) is 0 Å². The lowest BCUT2D eigenvalue weighted by molar-refractivity contribution is 0.0934. The number of fused-ring (bicyclic) bond motifs is 2. The Morgan fingerprint density at radius 2 is 2.21 bits per heavy atom. The number of nitrogens with one attached hydrogen (secondary N) is 2. The van der Waals surface area contributed by atoms with Gasteiger partial charge in [-0.2, -0.15) is 0 Å². The zero-order chi connectivity index (χ0) is 16.5. The molecule has 2 aliphatic heterocycles. The minimum Gasteiger partial charge on any atom is -0.385 e. The summed E-state index contributed by atoms with van der Waals surface area (Å²) in [6.07, 6.45) is 2.77. The highest BCUT2D eigenvalue weighted by Crippen LogP contribution is 2.37. The van der Waals surface area contributed by atoms with Crippen LogP contribution >= 0.6 is 11.8 Å². The van der Waals surface area contributed by atoms with Crippen molar-refractivity contribution in [1.82, 2.24) is 5.32 Å². The average Bonchev–Trinajstić information content (AvgIpc) is 2.61. The lowest BCUT2D eigenvalue weighted by atomic mass is 9.96. The van der Waals surface area contributed by atoms with Gasteiger partial charge in [0.2, 0.25) is 0 Å². The molecule has 124 valence electrons. The van der Waals surface area contributed by atoms with Gasteiger partial charge in [-0.15, -0.1) is 11.8 Å². The molecule has 3 nitrogen and oxygen atoms in total.